The van der Waals surface area contributed by atoms with Crippen LogP contribution in [-0.4, -0.2) is 41.6 Å². The van der Waals surface area contributed by atoms with Gasteiger partial charge in [0.15, 0.2) is 0 Å². The second-order valence-electron chi connectivity index (χ2n) is 5.68. The number of nitrogens with one attached hydrogen (secondary N) is 4. The molecule has 2 unspecified atom stereocenters. The van der Waals surface area contributed by atoms with Crippen molar-refractivity contribution in [3.63, 3.8) is 0 Å². The van der Waals surface area contributed by atoms with Crippen LogP contribution in [0.3, 0.4) is 0 Å². The summed E-state index contributed by atoms with van der Waals surface area (Å²) in [7, 11) is 0. The molecule has 1 aliphatic rings. The van der Waals surface area contributed by atoms with E-state index in [1.807, 2.05) is 0 Å². The summed E-state index contributed by atoms with van der Waals surface area (Å²) in [5.41, 5.74) is -0.111. The van der Waals surface area contributed by atoms with Gasteiger partial charge < -0.3 is 16.0 Å². The van der Waals surface area contributed by atoms with E-state index in [-0.39, 0.29) is 42.4 Å². The zero-order chi connectivity index (χ0) is 18.9. The Morgan fingerprint density at radius 2 is 2.19 bits per heavy atom. The number of amides is 3. The van der Waals surface area contributed by atoms with E-state index in [1.54, 1.807) is 12.1 Å². The van der Waals surface area contributed by atoms with Crippen molar-refractivity contribution in [3.8, 4) is 0 Å². The standard InChI is InChI=1S/C17H21FN4O3S/c1-2-6-19-14(23)8-13-9-15(24)22-17(21-13)26-10-16(25)20-12-5-3-4-11(18)7-12/h2-5,7,13,17,21H,1,6,8-10H2,(H,19,23)(H,20,25)(H,22,24). The lowest BCUT2D eigenvalue weighted by Gasteiger charge is -2.30. The molecule has 7 nitrogen and oxygen atoms in total. The topological polar surface area (TPSA) is 99.3 Å². The van der Waals surface area contributed by atoms with Crippen LogP contribution in [0.4, 0.5) is 10.1 Å². The average molecular weight is 380 g/mol. The number of rotatable bonds is 8. The van der Waals surface area contributed by atoms with Gasteiger partial charge in [-0.25, -0.2) is 4.39 Å². The Morgan fingerprint density at radius 1 is 1.38 bits per heavy atom. The monoisotopic (exact) mass is 380 g/mol. The Hall–Kier alpha value is -2.39. The van der Waals surface area contributed by atoms with Crippen LogP contribution in [-0.2, 0) is 14.4 Å². The molecule has 1 saturated heterocycles. The van der Waals surface area contributed by atoms with E-state index in [0.29, 0.717) is 12.2 Å². The molecule has 1 aromatic rings. The van der Waals surface area contributed by atoms with Crippen molar-refractivity contribution in [2.75, 3.05) is 17.6 Å². The molecule has 0 radical (unpaired) electrons. The lowest BCUT2D eigenvalue weighted by Crippen LogP contribution is -2.56. The number of halogens is 1. The summed E-state index contributed by atoms with van der Waals surface area (Å²) in [6, 6.07) is 5.29. The van der Waals surface area contributed by atoms with E-state index in [9.17, 15) is 18.8 Å². The molecule has 4 N–H and O–H groups in total. The molecule has 26 heavy (non-hydrogen) atoms. The predicted molar refractivity (Wildman–Crippen MR) is 98.8 cm³/mol. The molecule has 0 spiro atoms. The van der Waals surface area contributed by atoms with Gasteiger partial charge in [-0.2, -0.15) is 0 Å². The first-order valence-electron chi connectivity index (χ1n) is 8.06. The zero-order valence-electron chi connectivity index (χ0n) is 14.1. The fourth-order valence-electron chi connectivity index (χ4n) is 2.37. The number of hydrogen-bond acceptors (Lipinski definition) is 5. The predicted octanol–water partition coefficient (Wildman–Crippen LogP) is 0.951. The van der Waals surface area contributed by atoms with Crippen molar-refractivity contribution >= 4 is 35.2 Å². The van der Waals surface area contributed by atoms with Gasteiger partial charge in [0, 0.05) is 31.1 Å². The van der Waals surface area contributed by atoms with Crippen molar-refractivity contribution in [2.45, 2.75) is 24.4 Å². The highest BCUT2D eigenvalue weighted by Gasteiger charge is 2.27. The second-order valence-corrected chi connectivity index (χ2v) is 6.78. The lowest BCUT2D eigenvalue weighted by atomic mass is 10.1. The minimum atomic E-state index is -0.480. The smallest absolute Gasteiger partial charge is 0.234 e. The van der Waals surface area contributed by atoms with Crippen molar-refractivity contribution in [3.05, 3.63) is 42.7 Å². The van der Waals surface area contributed by atoms with Crippen LogP contribution >= 0.6 is 11.8 Å². The third kappa shape index (κ3) is 6.85. The Morgan fingerprint density at radius 3 is 2.92 bits per heavy atom. The molecule has 9 heteroatoms. The number of hydrogen-bond donors (Lipinski definition) is 4. The van der Waals surface area contributed by atoms with Gasteiger partial charge in [0.2, 0.25) is 17.7 Å². The summed E-state index contributed by atoms with van der Waals surface area (Å²) in [5, 5.41) is 11.1. The van der Waals surface area contributed by atoms with Gasteiger partial charge in [0.05, 0.1) is 5.75 Å². The van der Waals surface area contributed by atoms with Gasteiger partial charge in [0.25, 0.3) is 0 Å². The quantitative estimate of drug-likeness (QED) is 0.504. The Balaban J connectivity index is 1.78. The first kappa shape index (κ1) is 19.9. The van der Waals surface area contributed by atoms with Crippen LogP contribution in [0.1, 0.15) is 12.8 Å². The second kappa shape index (κ2) is 9.93. The van der Waals surface area contributed by atoms with Gasteiger partial charge in [-0.1, -0.05) is 12.1 Å². The maximum absolute atomic E-state index is 13.1. The maximum atomic E-state index is 13.1. The molecule has 1 aliphatic heterocycles. The molecule has 1 heterocycles. The summed E-state index contributed by atoms with van der Waals surface area (Å²) >= 11 is 1.18. The molecule has 0 saturated carbocycles. The van der Waals surface area contributed by atoms with Crippen LogP contribution in [0.15, 0.2) is 36.9 Å². The molecule has 0 bridgehead atoms. The normalized spacial score (nSPS) is 19.3. The van der Waals surface area contributed by atoms with Gasteiger partial charge in [-0.05, 0) is 18.2 Å². The van der Waals surface area contributed by atoms with E-state index in [0.717, 1.165) is 0 Å². The highest BCUT2D eigenvalue weighted by molar-refractivity contribution is 8.00. The van der Waals surface area contributed by atoms with Gasteiger partial charge in [-0.15, -0.1) is 18.3 Å². The minimum absolute atomic E-state index is 0.0594. The van der Waals surface area contributed by atoms with Crippen molar-refractivity contribution in [2.24, 2.45) is 0 Å². The largest absolute Gasteiger partial charge is 0.353 e. The van der Waals surface area contributed by atoms with Gasteiger partial charge in [-0.3, -0.25) is 19.7 Å². The van der Waals surface area contributed by atoms with Crippen LogP contribution in [0.2, 0.25) is 0 Å². The van der Waals surface area contributed by atoms with Crippen molar-refractivity contribution in [1.29, 1.82) is 0 Å². The zero-order valence-corrected chi connectivity index (χ0v) is 14.9. The third-order valence-corrected chi connectivity index (χ3v) is 4.49. The van der Waals surface area contributed by atoms with Gasteiger partial charge >= 0.3 is 0 Å². The van der Waals surface area contributed by atoms with E-state index in [1.165, 1.54) is 30.0 Å². The first-order chi connectivity index (χ1) is 12.5. The molecular formula is C17H21FN4O3S. The molecule has 0 aromatic heterocycles. The molecule has 2 atom stereocenters. The molecule has 1 aromatic carbocycles. The SMILES string of the molecule is C=CCNC(=O)CC1CC(=O)NC(SCC(=O)Nc2cccc(F)c2)N1. The summed E-state index contributed by atoms with van der Waals surface area (Å²) in [6.07, 6.45) is 1.93. The molecule has 2 rings (SSSR count). The Labute approximate surface area is 155 Å². The van der Waals surface area contributed by atoms with E-state index in [4.69, 9.17) is 0 Å². The molecular weight excluding hydrogens is 359 g/mol. The fraction of sp³-hybridized carbons (Fsp3) is 0.353. The first-order valence-corrected chi connectivity index (χ1v) is 9.11. The van der Waals surface area contributed by atoms with Crippen molar-refractivity contribution in [1.82, 2.24) is 16.0 Å². The molecule has 0 aliphatic carbocycles. The van der Waals surface area contributed by atoms with E-state index in [2.05, 4.69) is 27.8 Å². The third-order valence-electron chi connectivity index (χ3n) is 3.48. The van der Waals surface area contributed by atoms with E-state index >= 15 is 0 Å². The molecule has 140 valence electrons. The Kier molecular flexibility index (Phi) is 7.61. The highest BCUT2D eigenvalue weighted by atomic mass is 32.2. The van der Waals surface area contributed by atoms with E-state index < -0.39 is 11.3 Å². The van der Waals surface area contributed by atoms with Crippen molar-refractivity contribution < 1.29 is 18.8 Å². The maximum Gasteiger partial charge on any atom is 0.234 e. The van der Waals surface area contributed by atoms with Crippen LogP contribution in [0.25, 0.3) is 0 Å². The number of anilines is 1. The number of thioether (sulfide) groups is 1. The number of benzene rings is 1. The number of carbonyl (C=O) groups excluding carboxylic acids is 3. The minimum Gasteiger partial charge on any atom is -0.353 e. The molecule has 3 amide bonds. The average Bonchev–Trinajstić information content (AvgIpc) is 2.58. The highest BCUT2D eigenvalue weighted by Crippen LogP contribution is 2.15. The summed E-state index contributed by atoms with van der Waals surface area (Å²) in [6.45, 7) is 3.89. The number of carbonyl (C=O) groups is 3. The van der Waals surface area contributed by atoms with Crippen LogP contribution in [0, 0.1) is 5.82 Å². The summed E-state index contributed by atoms with van der Waals surface area (Å²) < 4.78 is 13.1. The van der Waals surface area contributed by atoms with Crippen LogP contribution in [0.5, 0.6) is 0 Å². The summed E-state index contributed by atoms with van der Waals surface area (Å²) in [5.74, 6) is -1.06. The fourth-order valence-corrected chi connectivity index (χ4v) is 3.26. The Bertz CT molecular complexity index is 686. The molecule has 1 fully saturated rings. The van der Waals surface area contributed by atoms with Gasteiger partial charge in [0.1, 0.15) is 11.3 Å². The summed E-state index contributed by atoms with van der Waals surface area (Å²) in [4.78, 5) is 35.5. The van der Waals surface area contributed by atoms with Crippen LogP contribution < -0.4 is 21.3 Å². The lowest BCUT2D eigenvalue weighted by molar-refractivity contribution is -0.125.